The van der Waals surface area contributed by atoms with Gasteiger partial charge in [0.2, 0.25) is 0 Å². The van der Waals surface area contributed by atoms with Gasteiger partial charge in [-0.1, -0.05) is 0 Å². The van der Waals surface area contributed by atoms with Gasteiger partial charge >= 0.3 is 7.60 Å². The Hall–Kier alpha value is 0.0700. The summed E-state index contributed by atoms with van der Waals surface area (Å²) in [5.41, 5.74) is 5.94. The van der Waals surface area contributed by atoms with E-state index in [9.17, 15) is 4.57 Å². The average molecular weight is 222 g/mol. The monoisotopic (exact) mass is 222 g/mol. The summed E-state index contributed by atoms with van der Waals surface area (Å²) in [5.74, 6) is -0.212. The van der Waals surface area contributed by atoms with Crippen LogP contribution in [0.5, 0.6) is 0 Å². The molecule has 1 unspecified atom stereocenters. The van der Waals surface area contributed by atoms with E-state index < -0.39 is 7.60 Å². The van der Waals surface area contributed by atoms with Gasteiger partial charge in [-0.2, -0.15) is 0 Å². The van der Waals surface area contributed by atoms with Crippen LogP contribution in [0, 0.1) is 0 Å². The van der Waals surface area contributed by atoms with Gasteiger partial charge in [-0.15, -0.1) is 0 Å². The lowest BCUT2D eigenvalue weighted by atomic mass is 10.3. The standard InChI is InChI=1S/C8H19N2O3P/c1-3-12-14(11,13-4-2)8-6-5-7-9-10-8/h8-10H,3-7H2,1-2H3. The van der Waals surface area contributed by atoms with Crippen LogP contribution in [0.2, 0.25) is 0 Å². The lowest BCUT2D eigenvalue weighted by molar-refractivity contribution is 0.197. The van der Waals surface area contributed by atoms with Gasteiger partial charge in [-0.05, 0) is 26.7 Å². The van der Waals surface area contributed by atoms with Gasteiger partial charge < -0.3 is 9.05 Å². The number of hydrogen-bond donors (Lipinski definition) is 2. The molecular formula is C8H19N2O3P. The fourth-order valence-electron chi connectivity index (χ4n) is 1.46. The Labute approximate surface area is 85.0 Å². The first kappa shape index (κ1) is 12.1. The highest BCUT2D eigenvalue weighted by atomic mass is 31.2. The summed E-state index contributed by atoms with van der Waals surface area (Å²) in [7, 11) is -2.97. The van der Waals surface area contributed by atoms with Gasteiger partial charge in [0, 0.05) is 6.54 Å². The molecule has 1 aliphatic heterocycles. The minimum atomic E-state index is -2.97. The molecule has 14 heavy (non-hydrogen) atoms. The van der Waals surface area contributed by atoms with E-state index in [0.29, 0.717) is 13.2 Å². The van der Waals surface area contributed by atoms with Crippen LogP contribution in [0.15, 0.2) is 0 Å². The maximum atomic E-state index is 12.2. The van der Waals surface area contributed by atoms with Gasteiger partial charge in [0.1, 0.15) is 5.78 Å². The van der Waals surface area contributed by atoms with Crippen molar-refractivity contribution in [3.05, 3.63) is 0 Å². The molecule has 1 heterocycles. The van der Waals surface area contributed by atoms with Crippen LogP contribution in [0.4, 0.5) is 0 Å². The van der Waals surface area contributed by atoms with E-state index >= 15 is 0 Å². The van der Waals surface area contributed by atoms with Gasteiger partial charge in [0.05, 0.1) is 13.2 Å². The average Bonchev–Trinajstić information content (AvgIpc) is 2.20. The van der Waals surface area contributed by atoms with E-state index in [4.69, 9.17) is 9.05 Å². The predicted molar refractivity (Wildman–Crippen MR) is 55.0 cm³/mol. The van der Waals surface area contributed by atoms with Crippen molar-refractivity contribution in [1.29, 1.82) is 0 Å². The first-order valence-corrected chi connectivity index (χ1v) is 6.71. The summed E-state index contributed by atoms with van der Waals surface area (Å²) in [6.07, 6.45) is 1.81. The maximum Gasteiger partial charge on any atom is 0.348 e. The first-order chi connectivity index (χ1) is 6.73. The molecule has 0 bridgehead atoms. The van der Waals surface area contributed by atoms with E-state index in [2.05, 4.69) is 10.9 Å². The third-order valence-electron chi connectivity index (χ3n) is 2.05. The molecule has 0 spiro atoms. The predicted octanol–water partition coefficient (Wildman–Crippen LogP) is 1.47. The fraction of sp³-hybridized carbons (Fsp3) is 1.00. The number of hydrazine groups is 1. The minimum absolute atomic E-state index is 0.212. The third-order valence-corrected chi connectivity index (χ3v) is 4.43. The van der Waals surface area contributed by atoms with E-state index in [1.54, 1.807) is 0 Å². The Bertz CT molecular complexity index is 197. The molecule has 1 saturated heterocycles. The number of hydrogen-bond acceptors (Lipinski definition) is 5. The van der Waals surface area contributed by atoms with Crippen LogP contribution in [-0.2, 0) is 13.6 Å². The van der Waals surface area contributed by atoms with Crippen molar-refractivity contribution in [2.45, 2.75) is 32.5 Å². The molecule has 0 amide bonds. The van der Waals surface area contributed by atoms with Crippen molar-refractivity contribution < 1.29 is 13.6 Å². The maximum absolute atomic E-state index is 12.2. The van der Waals surface area contributed by atoms with Crippen molar-refractivity contribution in [2.24, 2.45) is 0 Å². The summed E-state index contributed by atoms with van der Waals surface area (Å²) in [5, 5.41) is 0. The van der Waals surface area contributed by atoms with Gasteiger partial charge in [-0.25, -0.2) is 5.43 Å². The second-order valence-corrected chi connectivity index (χ2v) is 5.32. The Morgan fingerprint density at radius 2 is 2.00 bits per heavy atom. The van der Waals surface area contributed by atoms with Crippen LogP contribution >= 0.6 is 7.60 Å². The second kappa shape index (κ2) is 5.83. The zero-order chi connectivity index (χ0) is 10.4. The highest BCUT2D eigenvalue weighted by molar-refractivity contribution is 7.54. The topological polar surface area (TPSA) is 59.6 Å². The molecule has 5 nitrogen and oxygen atoms in total. The van der Waals surface area contributed by atoms with Crippen molar-refractivity contribution in [2.75, 3.05) is 19.8 Å². The summed E-state index contributed by atoms with van der Waals surface area (Å²) < 4.78 is 22.7. The van der Waals surface area contributed by atoms with Crippen molar-refractivity contribution in [1.82, 2.24) is 10.9 Å². The summed E-state index contributed by atoms with van der Waals surface area (Å²) >= 11 is 0. The Morgan fingerprint density at radius 3 is 2.43 bits per heavy atom. The molecule has 0 saturated carbocycles. The smallest absolute Gasteiger partial charge is 0.308 e. The number of nitrogens with one attached hydrogen (secondary N) is 2. The van der Waals surface area contributed by atoms with Crippen molar-refractivity contribution in [3.8, 4) is 0 Å². The van der Waals surface area contributed by atoms with E-state index in [-0.39, 0.29) is 5.78 Å². The molecule has 1 fully saturated rings. The summed E-state index contributed by atoms with van der Waals surface area (Å²) in [6, 6.07) is 0. The molecule has 1 rings (SSSR count). The first-order valence-electron chi connectivity index (χ1n) is 5.10. The molecule has 0 aromatic rings. The van der Waals surface area contributed by atoms with Crippen LogP contribution in [0.25, 0.3) is 0 Å². The quantitative estimate of drug-likeness (QED) is 0.690. The summed E-state index contributed by atoms with van der Waals surface area (Å²) in [4.78, 5) is 0. The van der Waals surface area contributed by atoms with Crippen molar-refractivity contribution >= 4 is 7.60 Å². The molecule has 0 aliphatic carbocycles. The highest BCUT2D eigenvalue weighted by Crippen LogP contribution is 2.53. The van der Waals surface area contributed by atoms with Crippen LogP contribution in [-0.4, -0.2) is 25.5 Å². The fourth-order valence-corrected chi connectivity index (χ4v) is 3.36. The van der Waals surface area contributed by atoms with E-state index in [1.165, 1.54) is 0 Å². The van der Waals surface area contributed by atoms with E-state index in [1.807, 2.05) is 13.8 Å². The molecule has 84 valence electrons. The molecule has 1 atom stereocenters. The Balaban J connectivity index is 2.59. The Morgan fingerprint density at radius 1 is 1.36 bits per heavy atom. The molecule has 0 radical (unpaired) electrons. The lowest BCUT2D eigenvalue weighted by Crippen LogP contribution is -2.46. The normalized spacial score (nSPS) is 23.7. The van der Waals surface area contributed by atoms with Crippen LogP contribution in [0.1, 0.15) is 26.7 Å². The van der Waals surface area contributed by atoms with Gasteiger partial charge in [0.15, 0.2) is 0 Å². The largest absolute Gasteiger partial charge is 0.348 e. The van der Waals surface area contributed by atoms with Gasteiger partial charge in [-0.3, -0.25) is 9.99 Å². The molecule has 2 N–H and O–H groups in total. The zero-order valence-corrected chi connectivity index (χ0v) is 9.68. The van der Waals surface area contributed by atoms with Crippen LogP contribution < -0.4 is 10.9 Å². The molecule has 0 aromatic carbocycles. The SMILES string of the molecule is CCOP(=O)(OCC)C1CCCNN1. The van der Waals surface area contributed by atoms with E-state index in [0.717, 1.165) is 19.4 Å². The lowest BCUT2D eigenvalue weighted by Gasteiger charge is -2.30. The molecule has 1 aliphatic rings. The second-order valence-electron chi connectivity index (χ2n) is 3.10. The third kappa shape index (κ3) is 3.04. The van der Waals surface area contributed by atoms with Crippen molar-refractivity contribution in [3.63, 3.8) is 0 Å². The van der Waals surface area contributed by atoms with Gasteiger partial charge in [0.25, 0.3) is 0 Å². The van der Waals surface area contributed by atoms with Crippen LogP contribution in [0.3, 0.4) is 0 Å². The Kier molecular flexibility index (Phi) is 5.06. The number of rotatable bonds is 5. The zero-order valence-electron chi connectivity index (χ0n) is 8.78. The molecule has 0 aromatic heterocycles. The molecular weight excluding hydrogens is 203 g/mol. The molecule has 6 heteroatoms. The highest BCUT2D eigenvalue weighted by Gasteiger charge is 2.36. The minimum Gasteiger partial charge on any atom is -0.308 e. The summed E-state index contributed by atoms with van der Waals surface area (Å²) in [6.45, 7) is 5.36.